The quantitative estimate of drug-likeness (QED) is 0.0832. The molecule has 4 aliphatic heterocycles. The summed E-state index contributed by atoms with van der Waals surface area (Å²) in [5, 5.41) is 12.7. The summed E-state index contributed by atoms with van der Waals surface area (Å²) in [6.45, 7) is 1.16. The summed E-state index contributed by atoms with van der Waals surface area (Å²) in [6.07, 6.45) is 2.25. The first-order valence-corrected chi connectivity index (χ1v) is 22.0. The number of aromatic nitrogens is 2. The number of carbonyl (C=O) groups excluding carboxylic acids is 5. The van der Waals surface area contributed by atoms with Crippen LogP contribution in [0.25, 0.3) is 0 Å². The summed E-state index contributed by atoms with van der Waals surface area (Å²) in [4.78, 5) is 86.5. The number of anilines is 2. The minimum absolute atomic E-state index is 0.0570. The van der Waals surface area contributed by atoms with E-state index in [1.807, 2.05) is 82.6 Å². The van der Waals surface area contributed by atoms with Gasteiger partial charge in [-0.05, 0) is 58.7 Å². The maximum atomic E-state index is 15.9. The fourth-order valence-corrected chi connectivity index (χ4v) is 10.1. The number of carbonyl (C=O) groups is 5. The zero-order valence-corrected chi connectivity index (χ0v) is 36.8. The van der Waals surface area contributed by atoms with E-state index >= 15 is 14.4 Å². The highest BCUT2D eigenvalue weighted by atomic mass is 16.6. The lowest BCUT2D eigenvalue weighted by atomic mass is 9.65. The standard InChI is InChI=1S/C51H48N6O10/c1-64-46(60)37(47(61)65-2)16-9-11-32-17-22-39-38(31-32)51(49(63)54-39)40(45(59)55-25-27-56(28-26-55)50-52-23-10-24-53-50)42-48(62)67-43(34-14-7-4-8-15-34)41(33-12-5-3-6-13-33)57(42)44(51)35-18-20-36(21-19-35)66-30-29-58/h3-8,10,12-15,17-24,31,37,40-44,58H,16,25-30H2,1-2H3,(H,54,63)/t40-,41-,42-,43+,44+,51-/m1/s1. The van der Waals surface area contributed by atoms with Gasteiger partial charge in [0.2, 0.25) is 17.8 Å². The van der Waals surface area contributed by atoms with Gasteiger partial charge < -0.3 is 39.2 Å². The van der Waals surface area contributed by atoms with Crippen molar-refractivity contribution in [1.29, 1.82) is 0 Å². The molecular weight excluding hydrogens is 857 g/mol. The number of hydrogen-bond donors (Lipinski definition) is 2. The number of rotatable bonds is 11. The van der Waals surface area contributed by atoms with E-state index in [1.54, 1.807) is 53.7 Å². The zero-order chi connectivity index (χ0) is 46.7. The fourth-order valence-electron chi connectivity index (χ4n) is 10.1. The molecule has 0 aliphatic carbocycles. The summed E-state index contributed by atoms with van der Waals surface area (Å²) in [5.41, 5.74) is 1.63. The van der Waals surface area contributed by atoms with Crippen molar-refractivity contribution in [2.45, 2.75) is 36.1 Å². The molecule has 1 spiro atoms. The van der Waals surface area contributed by atoms with Crippen LogP contribution in [0.1, 0.15) is 52.4 Å². The average Bonchev–Trinajstić information content (AvgIpc) is 3.85. The van der Waals surface area contributed by atoms with Crippen molar-refractivity contribution in [2.24, 2.45) is 11.8 Å². The third kappa shape index (κ3) is 8.10. The van der Waals surface area contributed by atoms with Crippen molar-refractivity contribution in [2.75, 3.05) is 63.8 Å². The lowest BCUT2D eigenvalue weighted by Crippen LogP contribution is -2.58. The number of piperazine rings is 1. The molecule has 16 nitrogen and oxygen atoms in total. The Balaban J connectivity index is 1.25. The van der Waals surface area contributed by atoms with Gasteiger partial charge >= 0.3 is 17.9 Å². The SMILES string of the molecule is COC(=O)C(CC#Cc1ccc2c(c1)[C@]1(C(=O)N2)[C@H](c2ccc(OCCO)cc2)N2[C@H](c3ccccc3)[C@H](c3ccccc3)OC(=O)[C@H]2[C@@H]1C(=O)N1CCN(c2ncccn2)CC1)C(=O)OC. The fraction of sp³-hybridized carbons (Fsp3) is 0.314. The van der Waals surface area contributed by atoms with Crippen molar-refractivity contribution in [3.05, 3.63) is 149 Å². The second-order valence-electron chi connectivity index (χ2n) is 16.6. The molecular formula is C51H48N6O10. The Hall–Kier alpha value is -7.61. The number of aliphatic hydroxyl groups excluding tert-OH is 1. The number of esters is 3. The number of benzene rings is 4. The molecule has 9 rings (SSSR count). The van der Waals surface area contributed by atoms with E-state index < -0.39 is 71.2 Å². The molecule has 6 atom stereocenters. The lowest BCUT2D eigenvalue weighted by molar-refractivity contribution is -0.179. The van der Waals surface area contributed by atoms with Gasteiger partial charge in [0.15, 0.2) is 5.92 Å². The number of nitrogens with one attached hydrogen (secondary N) is 1. The molecule has 1 aromatic heterocycles. The van der Waals surface area contributed by atoms with Crippen LogP contribution in [0.4, 0.5) is 11.6 Å². The van der Waals surface area contributed by atoms with Gasteiger partial charge in [0.05, 0.1) is 38.8 Å². The number of methoxy groups -OCH3 is 2. The summed E-state index contributed by atoms with van der Waals surface area (Å²) >= 11 is 0. The van der Waals surface area contributed by atoms with E-state index in [4.69, 9.17) is 18.9 Å². The van der Waals surface area contributed by atoms with E-state index in [9.17, 15) is 14.7 Å². The van der Waals surface area contributed by atoms with Crippen LogP contribution in [0.3, 0.4) is 0 Å². The molecule has 0 radical (unpaired) electrons. The number of nitrogens with zero attached hydrogens (tertiary/aromatic N) is 5. The molecule has 342 valence electrons. The minimum Gasteiger partial charge on any atom is -0.491 e. The number of fused-ring (bicyclic) bond motifs is 3. The first-order valence-electron chi connectivity index (χ1n) is 22.0. The van der Waals surface area contributed by atoms with Crippen molar-refractivity contribution in [3.8, 4) is 17.6 Å². The van der Waals surface area contributed by atoms with Crippen LogP contribution >= 0.6 is 0 Å². The van der Waals surface area contributed by atoms with Crippen LogP contribution < -0.4 is 15.0 Å². The van der Waals surface area contributed by atoms with E-state index in [0.29, 0.717) is 47.2 Å². The number of aliphatic hydroxyl groups is 1. The molecule has 0 unspecified atom stereocenters. The van der Waals surface area contributed by atoms with Crippen LogP contribution in [0, 0.1) is 23.7 Å². The summed E-state index contributed by atoms with van der Waals surface area (Å²) in [7, 11) is 2.35. The smallest absolute Gasteiger partial charge is 0.324 e. The third-order valence-electron chi connectivity index (χ3n) is 13.1. The molecule has 16 heteroatoms. The number of hydrogen-bond acceptors (Lipinski definition) is 14. The van der Waals surface area contributed by atoms with Gasteiger partial charge in [0.25, 0.3) is 0 Å². The Kier molecular flexibility index (Phi) is 12.7. The van der Waals surface area contributed by atoms with Crippen molar-refractivity contribution in [1.82, 2.24) is 19.8 Å². The van der Waals surface area contributed by atoms with E-state index in [2.05, 4.69) is 27.1 Å². The summed E-state index contributed by atoms with van der Waals surface area (Å²) in [5.74, 6) is 1.21. The van der Waals surface area contributed by atoms with Crippen LogP contribution in [-0.4, -0.2) is 114 Å². The molecule has 4 aromatic carbocycles. The van der Waals surface area contributed by atoms with Crippen LogP contribution in [0.5, 0.6) is 5.75 Å². The van der Waals surface area contributed by atoms with Gasteiger partial charge in [0, 0.05) is 56.2 Å². The highest BCUT2D eigenvalue weighted by molar-refractivity contribution is 6.12. The molecule has 5 aromatic rings. The largest absolute Gasteiger partial charge is 0.491 e. The Morgan fingerprint density at radius 2 is 1.48 bits per heavy atom. The van der Waals surface area contributed by atoms with Crippen LogP contribution in [0.2, 0.25) is 0 Å². The Bertz CT molecular complexity index is 2690. The van der Waals surface area contributed by atoms with Gasteiger partial charge in [-0.15, -0.1) is 0 Å². The molecule has 0 bridgehead atoms. The predicted octanol–water partition coefficient (Wildman–Crippen LogP) is 4.17. The predicted molar refractivity (Wildman–Crippen MR) is 242 cm³/mol. The molecule has 4 aliphatic rings. The van der Waals surface area contributed by atoms with E-state index in [-0.39, 0.29) is 32.7 Å². The Morgan fingerprint density at radius 1 is 0.821 bits per heavy atom. The first-order chi connectivity index (χ1) is 32.7. The maximum Gasteiger partial charge on any atom is 0.324 e. The molecule has 0 saturated carbocycles. The van der Waals surface area contributed by atoms with Crippen molar-refractivity contribution < 1.29 is 48.0 Å². The molecule has 67 heavy (non-hydrogen) atoms. The Labute approximate surface area is 386 Å². The number of ether oxygens (including phenoxy) is 4. The average molecular weight is 905 g/mol. The Morgan fingerprint density at radius 3 is 2.12 bits per heavy atom. The van der Waals surface area contributed by atoms with Gasteiger partial charge in [-0.1, -0.05) is 84.6 Å². The highest BCUT2D eigenvalue weighted by Crippen LogP contribution is 2.65. The van der Waals surface area contributed by atoms with Gasteiger partial charge in [-0.2, -0.15) is 0 Å². The molecule has 2 N–H and O–H groups in total. The summed E-state index contributed by atoms with van der Waals surface area (Å²) in [6, 6.07) is 30.1. The topological polar surface area (TPSA) is 190 Å². The van der Waals surface area contributed by atoms with E-state index in [0.717, 1.165) is 11.1 Å². The molecule has 5 heterocycles. The van der Waals surface area contributed by atoms with Gasteiger partial charge in [-0.25, -0.2) is 9.97 Å². The number of cyclic esters (lactones) is 1. The normalized spacial score (nSPS) is 23.1. The number of amides is 2. The zero-order valence-electron chi connectivity index (χ0n) is 36.8. The first kappa shape index (κ1) is 44.6. The van der Waals surface area contributed by atoms with E-state index in [1.165, 1.54) is 14.2 Å². The number of morpholine rings is 1. The molecule has 3 fully saturated rings. The summed E-state index contributed by atoms with van der Waals surface area (Å²) < 4.78 is 22.0. The van der Waals surface area contributed by atoms with Crippen molar-refractivity contribution >= 4 is 41.4 Å². The monoisotopic (exact) mass is 904 g/mol. The van der Waals surface area contributed by atoms with Crippen LogP contribution in [-0.2, 0) is 43.6 Å². The minimum atomic E-state index is -1.79. The van der Waals surface area contributed by atoms with Gasteiger partial charge in [0.1, 0.15) is 29.9 Å². The second-order valence-corrected chi connectivity index (χ2v) is 16.6. The van der Waals surface area contributed by atoms with Crippen molar-refractivity contribution in [3.63, 3.8) is 0 Å². The third-order valence-corrected chi connectivity index (χ3v) is 13.1. The van der Waals surface area contributed by atoms with Crippen LogP contribution in [0.15, 0.2) is 122 Å². The van der Waals surface area contributed by atoms with Gasteiger partial charge in [-0.3, -0.25) is 28.9 Å². The second kappa shape index (κ2) is 19.1. The lowest BCUT2D eigenvalue weighted by Gasteiger charge is -2.46. The maximum absolute atomic E-state index is 15.9. The highest BCUT2D eigenvalue weighted by Gasteiger charge is 2.74. The molecule has 3 saturated heterocycles. The molecule has 2 amide bonds.